The van der Waals surface area contributed by atoms with Gasteiger partial charge in [-0.3, -0.25) is 9.48 Å². The van der Waals surface area contributed by atoms with Crippen molar-refractivity contribution in [2.24, 2.45) is 0 Å². The van der Waals surface area contributed by atoms with Gasteiger partial charge in [-0.2, -0.15) is 5.10 Å². The Labute approximate surface area is 172 Å². The van der Waals surface area contributed by atoms with E-state index in [1.165, 1.54) is 30.5 Å². The van der Waals surface area contributed by atoms with E-state index in [9.17, 15) is 17.6 Å². The molecule has 1 fully saturated rings. The third kappa shape index (κ3) is 4.54. The highest BCUT2D eigenvalue weighted by Crippen LogP contribution is 2.30. The summed E-state index contributed by atoms with van der Waals surface area (Å²) in [5, 5.41) is 7.07. The molecule has 1 atom stereocenters. The molecular weight excluding hydrogens is 413 g/mol. The van der Waals surface area contributed by atoms with Gasteiger partial charge in [0, 0.05) is 6.07 Å². The standard InChI is InChI=1S/C20H20FN3O5S/c21-14-3-5-16(6-4-14)28-10-8-22-20(25)17-12-18(19-2-1-9-29-19)24(23-17)15-7-11-30(26,27)13-15/h1-6,9,12,15H,7-8,10-11,13H2,(H,22,25)/t15-/m1/s1. The summed E-state index contributed by atoms with van der Waals surface area (Å²) < 4.78 is 49.1. The van der Waals surface area contributed by atoms with Gasteiger partial charge in [0.25, 0.3) is 5.91 Å². The second-order valence-corrected chi connectivity index (χ2v) is 9.18. The first kappa shape index (κ1) is 20.1. The van der Waals surface area contributed by atoms with Gasteiger partial charge < -0.3 is 14.5 Å². The SMILES string of the molecule is O=C(NCCOc1ccc(F)cc1)c1cc(-c2ccco2)n([C@@H]2CCS(=O)(=O)C2)n1. The van der Waals surface area contributed by atoms with Crippen LogP contribution in [0.1, 0.15) is 23.0 Å². The summed E-state index contributed by atoms with van der Waals surface area (Å²) in [7, 11) is -3.12. The predicted octanol–water partition coefficient (Wildman–Crippen LogP) is 2.45. The average molecular weight is 433 g/mol. The largest absolute Gasteiger partial charge is 0.492 e. The summed E-state index contributed by atoms with van der Waals surface area (Å²) in [6.07, 6.45) is 1.94. The smallest absolute Gasteiger partial charge is 0.271 e. The lowest BCUT2D eigenvalue weighted by Crippen LogP contribution is -2.28. The van der Waals surface area contributed by atoms with Crippen molar-refractivity contribution in [3.63, 3.8) is 0 Å². The minimum absolute atomic E-state index is 0.0189. The van der Waals surface area contributed by atoms with E-state index in [1.54, 1.807) is 22.9 Å². The van der Waals surface area contributed by atoms with Crippen LogP contribution in [0.15, 0.2) is 53.1 Å². The molecule has 1 amide bonds. The van der Waals surface area contributed by atoms with Crippen LogP contribution in [0, 0.1) is 5.82 Å². The normalized spacial score (nSPS) is 17.7. The predicted molar refractivity (Wildman–Crippen MR) is 106 cm³/mol. The van der Waals surface area contributed by atoms with E-state index in [1.807, 2.05) is 0 Å². The van der Waals surface area contributed by atoms with Gasteiger partial charge >= 0.3 is 0 Å². The van der Waals surface area contributed by atoms with Gasteiger partial charge in [-0.15, -0.1) is 0 Å². The van der Waals surface area contributed by atoms with E-state index in [0.717, 1.165) is 0 Å². The number of carbonyl (C=O) groups is 1. The highest BCUT2D eigenvalue weighted by molar-refractivity contribution is 7.91. The topological polar surface area (TPSA) is 103 Å². The summed E-state index contributed by atoms with van der Waals surface area (Å²) in [5.74, 6) is 0.313. The number of rotatable bonds is 7. The number of benzene rings is 1. The summed E-state index contributed by atoms with van der Waals surface area (Å²) in [6.45, 7) is 0.418. The van der Waals surface area contributed by atoms with E-state index in [4.69, 9.17) is 9.15 Å². The van der Waals surface area contributed by atoms with Crippen LogP contribution in [0.3, 0.4) is 0 Å². The molecular formula is C20H20FN3O5S. The Morgan fingerprint density at radius 2 is 2.10 bits per heavy atom. The van der Waals surface area contributed by atoms with Crippen molar-refractivity contribution in [3.05, 3.63) is 60.2 Å². The van der Waals surface area contributed by atoms with Gasteiger partial charge in [0.2, 0.25) is 0 Å². The van der Waals surface area contributed by atoms with Gasteiger partial charge in [0.05, 0.1) is 30.4 Å². The van der Waals surface area contributed by atoms with Crippen molar-refractivity contribution >= 4 is 15.7 Å². The Bertz CT molecular complexity index is 1120. The highest BCUT2D eigenvalue weighted by Gasteiger charge is 2.32. The molecule has 0 spiro atoms. The lowest BCUT2D eigenvalue weighted by atomic mass is 10.2. The maximum absolute atomic E-state index is 12.9. The van der Waals surface area contributed by atoms with Crippen LogP contribution in [-0.2, 0) is 9.84 Å². The van der Waals surface area contributed by atoms with Crippen molar-refractivity contribution in [1.29, 1.82) is 0 Å². The number of sulfone groups is 1. The number of hydrogen-bond acceptors (Lipinski definition) is 6. The molecule has 0 saturated carbocycles. The van der Waals surface area contributed by atoms with Crippen LogP contribution in [0.5, 0.6) is 5.75 Å². The van der Waals surface area contributed by atoms with E-state index in [2.05, 4.69) is 10.4 Å². The Balaban J connectivity index is 1.43. The number of ether oxygens (including phenoxy) is 1. The van der Waals surface area contributed by atoms with Crippen molar-refractivity contribution in [1.82, 2.24) is 15.1 Å². The molecule has 1 aliphatic heterocycles. The van der Waals surface area contributed by atoms with E-state index < -0.39 is 15.7 Å². The minimum Gasteiger partial charge on any atom is -0.492 e. The summed E-state index contributed by atoms with van der Waals surface area (Å²) in [6, 6.07) is 10.3. The molecule has 1 N–H and O–H groups in total. The minimum atomic E-state index is -3.12. The van der Waals surface area contributed by atoms with Crippen molar-refractivity contribution in [3.8, 4) is 17.2 Å². The average Bonchev–Trinajstić information content (AvgIpc) is 3.45. The fourth-order valence-corrected chi connectivity index (χ4v) is 5.01. The van der Waals surface area contributed by atoms with Crippen LogP contribution < -0.4 is 10.1 Å². The fraction of sp³-hybridized carbons (Fsp3) is 0.300. The Kier molecular flexibility index (Phi) is 5.58. The molecule has 0 bridgehead atoms. The number of carbonyl (C=O) groups excluding carboxylic acids is 1. The zero-order chi connectivity index (χ0) is 21.1. The van der Waals surface area contributed by atoms with Crippen molar-refractivity contribution in [2.45, 2.75) is 12.5 Å². The number of hydrogen-bond donors (Lipinski definition) is 1. The van der Waals surface area contributed by atoms with Gasteiger partial charge in [-0.05, 0) is 42.8 Å². The molecule has 8 nitrogen and oxygen atoms in total. The van der Waals surface area contributed by atoms with Crippen LogP contribution >= 0.6 is 0 Å². The second-order valence-electron chi connectivity index (χ2n) is 6.95. The third-order valence-electron chi connectivity index (χ3n) is 4.77. The van der Waals surface area contributed by atoms with Crippen LogP contribution in [0.4, 0.5) is 4.39 Å². The molecule has 158 valence electrons. The lowest BCUT2D eigenvalue weighted by molar-refractivity contribution is 0.0941. The van der Waals surface area contributed by atoms with Gasteiger partial charge in [0.15, 0.2) is 21.3 Å². The third-order valence-corrected chi connectivity index (χ3v) is 6.52. The van der Waals surface area contributed by atoms with E-state index in [-0.39, 0.29) is 42.2 Å². The van der Waals surface area contributed by atoms with Crippen LogP contribution in [0.2, 0.25) is 0 Å². The Morgan fingerprint density at radius 1 is 1.30 bits per heavy atom. The molecule has 3 aromatic rings. The zero-order valence-corrected chi connectivity index (χ0v) is 16.8. The zero-order valence-electron chi connectivity index (χ0n) is 16.0. The number of furan rings is 1. The lowest BCUT2D eigenvalue weighted by Gasteiger charge is -2.11. The molecule has 0 radical (unpaired) electrons. The van der Waals surface area contributed by atoms with Gasteiger partial charge in [-0.25, -0.2) is 12.8 Å². The maximum atomic E-state index is 12.9. The number of nitrogens with one attached hydrogen (secondary N) is 1. The molecule has 2 aromatic heterocycles. The molecule has 1 aliphatic rings. The summed E-state index contributed by atoms with van der Waals surface area (Å²) in [5.41, 5.74) is 0.710. The van der Waals surface area contributed by atoms with E-state index in [0.29, 0.717) is 23.6 Å². The monoisotopic (exact) mass is 433 g/mol. The molecule has 0 aliphatic carbocycles. The van der Waals surface area contributed by atoms with Gasteiger partial charge in [-0.1, -0.05) is 0 Å². The van der Waals surface area contributed by atoms with Crippen molar-refractivity contribution in [2.75, 3.05) is 24.7 Å². The maximum Gasteiger partial charge on any atom is 0.271 e. The summed E-state index contributed by atoms with van der Waals surface area (Å²) >= 11 is 0. The quantitative estimate of drug-likeness (QED) is 0.574. The molecule has 1 saturated heterocycles. The first-order valence-electron chi connectivity index (χ1n) is 9.42. The van der Waals surface area contributed by atoms with E-state index >= 15 is 0 Å². The molecule has 10 heteroatoms. The fourth-order valence-electron chi connectivity index (χ4n) is 3.32. The number of nitrogens with zero attached hydrogens (tertiary/aromatic N) is 2. The number of aromatic nitrogens is 2. The molecule has 1 aromatic carbocycles. The van der Waals surface area contributed by atoms with Gasteiger partial charge in [0.1, 0.15) is 23.9 Å². The molecule has 30 heavy (non-hydrogen) atoms. The summed E-state index contributed by atoms with van der Waals surface area (Å²) in [4.78, 5) is 12.5. The second kappa shape index (κ2) is 8.31. The highest BCUT2D eigenvalue weighted by atomic mass is 32.2. The number of halogens is 1. The first-order chi connectivity index (χ1) is 14.4. The molecule has 0 unspecified atom stereocenters. The van der Waals surface area contributed by atoms with Crippen molar-refractivity contribution < 1.29 is 26.8 Å². The molecule has 3 heterocycles. The Morgan fingerprint density at radius 3 is 2.77 bits per heavy atom. The number of amides is 1. The first-order valence-corrected chi connectivity index (χ1v) is 11.2. The molecule has 4 rings (SSSR count). The van der Waals surface area contributed by atoms with Crippen LogP contribution in [0.25, 0.3) is 11.5 Å². The van der Waals surface area contributed by atoms with Crippen LogP contribution in [-0.4, -0.2) is 48.8 Å². The Hall–Kier alpha value is -3.14.